The lowest BCUT2D eigenvalue weighted by molar-refractivity contribution is 0.0948. The van der Waals surface area contributed by atoms with Crippen LogP contribution in [0.25, 0.3) is 11.1 Å². The molecule has 1 saturated carbocycles. The Morgan fingerprint density at radius 2 is 1.71 bits per heavy atom. The van der Waals surface area contributed by atoms with Crippen LogP contribution in [-0.4, -0.2) is 41.5 Å². The van der Waals surface area contributed by atoms with E-state index in [0.717, 1.165) is 71.7 Å². The highest BCUT2D eigenvalue weighted by Crippen LogP contribution is 2.46. The average Bonchev–Trinajstić information content (AvgIpc) is 3.48. The number of carbonyl (C=O) groups excluding carboxylic acids is 1. The van der Waals surface area contributed by atoms with E-state index in [-0.39, 0.29) is 11.6 Å². The van der Waals surface area contributed by atoms with Crippen LogP contribution in [0, 0.1) is 24.6 Å². The Hall–Kier alpha value is -3.25. The first-order chi connectivity index (χ1) is 18.5. The highest BCUT2D eigenvalue weighted by atomic mass is 19.1. The molecule has 3 aromatic rings. The van der Waals surface area contributed by atoms with Crippen LogP contribution in [0.2, 0.25) is 0 Å². The van der Waals surface area contributed by atoms with Gasteiger partial charge in [0, 0.05) is 37.0 Å². The van der Waals surface area contributed by atoms with E-state index >= 15 is 0 Å². The van der Waals surface area contributed by atoms with Crippen LogP contribution in [0.4, 0.5) is 4.39 Å². The Labute approximate surface area is 225 Å². The van der Waals surface area contributed by atoms with Crippen molar-refractivity contribution in [3.63, 3.8) is 0 Å². The molecule has 1 saturated heterocycles. The third-order valence-electron chi connectivity index (χ3n) is 8.04. The van der Waals surface area contributed by atoms with Gasteiger partial charge in [0.25, 0.3) is 0 Å². The summed E-state index contributed by atoms with van der Waals surface area (Å²) in [7, 11) is 0. The summed E-state index contributed by atoms with van der Waals surface area (Å²) in [4.78, 5) is 19.8. The van der Waals surface area contributed by atoms with Gasteiger partial charge in [0.05, 0.1) is 18.8 Å². The van der Waals surface area contributed by atoms with Crippen molar-refractivity contribution in [1.82, 2.24) is 9.88 Å². The first-order valence-electron chi connectivity index (χ1n) is 13.8. The first kappa shape index (κ1) is 26.4. The number of hydrogen-bond donors (Lipinski definition) is 0. The molecule has 1 unspecified atom stereocenters. The second-order valence-electron chi connectivity index (χ2n) is 10.5. The van der Waals surface area contributed by atoms with Crippen LogP contribution in [-0.2, 0) is 6.54 Å². The van der Waals surface area contributed by atoms with Crippen LogP contribution in [0.3, 0.4) is 0 Å². The molecule has 5 nitrogen and oxygen atoms in total. The zero-order valence-electron chi connectivity index (χ0n) is 22.6. The van der Waals surface area contributed by atoms with Crippen molar-refractivity contribution >= 4 is 5.78 Å². The van der Waals surface area contributed by atoms with Crippen molar-refractivity contribution in [3.8, 4) is 22.6 Å². The van der Waals surface area contributed by atoms with E-state index in [1.807, 2.05) is 26.8 Å². The number of aromatic nitrogens is 1. The lowest BCUT2D eigenvalue weighted by Crippen LogP contribution is -2.30. The Morgan fingerprint density at radius 3 is 2.37 bits per heavy atom. The molecule has 200 valence electrons. The Kier molecular flexibility index (Phi) is 8.08. The van der Waals surface area contributed by atoms with Gasteiger partial charge in [0.1, 0.15) is 17.3 Å². The number of benzene rings is 2. The molecule has 2 aromatic carbocycles. The van der Waals surface area contributed by atoms with Crippen molar-refractivity contribution in [2.45, 2.75) is 59.0 Å². The van der Waals surface area contributed by atoms with Gasteiger partial charge < -0.3 is 9.47 Å². The van der Waals surface area contributed by atoms with Gasteiger partial charge in [-0.2, -0.15) is 0 Å². The van der Waals surface area contributed by atoms with Crippen molar-refractivity contribution < 1.29 is 18.7 Å². The highest BCUT2D eigenvalue weighted by Gasteiger charge is 2.44. The minimum absolute atomic E-state index is 0.212. The number of aryl methyl sites for hydroxylation is 1. The number of halogens is 1. The number of fused-ring (bicyclic) bond motifs is 1. The Morgan fingerprint density at radius 1 is 1.00 bits per heavy atom. The number of nitrogens with zero attached hydrogens (tertiary/aromatic N) is 2. The monoisotopic (exact) mass is 516 g/mol. The molecule has 2 aliphatic rings. The summed E-state index contributed by atoms with van der Waals surface area (Å²) < 4.78 is 25.8. The maximum Gasteiger partial charge on any atom is 0.164 e. The predicted octanol–water partition coefficient (Wildman–Crippen LogP) is 6.87. The van der Waals surface area contributed by atoms with Crippen LogP contribution in [0.15, 0.2) is 54.9 Å². The first-order valence-corrected chi connectivity index (χ1v) is 13.8. The van der Waals surface area contributed by atoms with Gasteiger partial charge >= 0.3 is 0 Å². The van der Waals surface area contributed by atoms with E-state index in [4.69, 9.17) is 9.47 Å². The number of Topliss-reactive ketones (excluding diaryl/α,β-unsaturated/α-hetero) is 1. The molecule has 1 aliphatic heterocycles. The van der Waals surface area contributed by atoms with E-state index in [1.165, 1.54) is 12.1 Å². The van der Waals surface area contributed by atoms with Crippen LogP contribution in [0.5, 0.6) is 11.5 Å². The summed E-state index contributed by atoms with van der Waals surface area (Å²) in [6.07, 6.45) is 7.43. The largest absolute Gasteiger partial charge is 0.493 e. The van der Waals surface area contributed by atoms with E-state index in [2.05, 4.69) is 22.0 Å². The van der Waals surface area contributed by atoms with E-state index < -0.39 is 0 Å². The zero-order chi connectivity index (χ0) is 26.6. The molecule has 0 spiro atoms. The number of rotatable bonds is 10. The summed E-state index contributed by atoms with van der Waals surface area (Å²) >= 11 is 0. The third kappa shape index (κ3) is 5.60. The molecule has 6 heteroatoms. The van der Waals surface area contributed by atoms with Gasteiger partial charge in [0.15, 0.2) is 5.78 Å². The van der Waals surface area contributed by atoms with E-state index in [0.29, 0.717) is 37.5 Å². The SMILES string of the molecule is CCOc1cc(CN2CC[C@H]3C(CC(=O)c4cncc(C)c4)CC[C@H]32)cc(OCC)c1-c1ccc(F)cc1. The standard InChI is InChI=1S/C32H37FN2O3/c1-4-37-30-15-22(16-31(38-5-2)32(30)23-6-9-26(33)10-7-23)20-35-13-12-27-24(8-11-28(27)35)17-29(36)25-14-21(3)18-34-19-25/h6-7,9-10,14-16,18-19,24,27-28H,4-5,8,11-13,17,20H2,1-3H3/t24?,27-,28+/m0/s1. The molecule has 2 fully saturated rings. The maximum absolute atomic E-state index is 13.6. The third-order valence-corrected chi connectivity index (χ3v) is 8.04. The van der Waals surface area contributed by atoms with Crippen molar-refractivity contribution in [3.05, 3.63) is 77.4 Å². The molecule has 1 aromatic heterocycles. The van der Waals surface area contributed by atoms with Crippen LogP contribution < -0.4 is 9.47 Å². The Bertz CT molecular complexity index is 1250. The topological polar surface area (TPSA) is 51.7 Å². The van der Waals surface area contributed by atoms with Crippen molar-refractivity contribution in [1.29, 1.82) is 0 Å². The molecule has 5 rings (SSSR count). The normalized spacial score (nSPS) is 20.9. The molecule has 3 atom stereocenters. The zero-order valence-corrected chi connectivity index (χ0v) is 22.6. The maximum atomic E-state index is 13.6. The lowest BCUT2D eigenvalue weighted by Gasteiger charge is -2.25. The predicted molar refractivity (Wildman–Crippen MR) is 147 cm³/mol. The molecular formula is C32H37FN2O3. The van der Waals surface area contributed by atoms with Crippen LogP contribution >= 0.6 is 0 Å². The molecule has 0 bridgehead atoms. The van der Waals surface area contributed by atoms with Gasteiger partial charge in [-0.3, -0.25) is 14.7 Å². The fourth-order valence-electron chi connectivity index (χ4n) is 6.41. The van der Waals surface area contributed by atoms with Gasteiger partial charge in [-0.15, -0.1) is 0 Å². The highest BCUT2D eigenvalue weighted by molar-refractivity contribution is 5.96. The quantitative estimate of drug-likeness (QED) is 0.275. The number of hydrogen-bond acceptors (Lipinski definition) is 5. The van der Waals surface area contributed by atoms with E-state index in [1.54, 1.807) is 24.5 Å². The number of carbonyl (C=O) groups is 1. The summed E-state index contributed by atoms with van der Waals surface area (Å²) in [5.74, 6) is 2.45. The molecule has 0 N–H and O–H groups in total. The second kappa shape index (κ2) is 11.6. The molecule has 0 radical (unpaired) electrons. The number of pyridine rings is 1. The minimum Gasteiger partial charge on any atom is -0.493 e. The van der Waals surface area contributed by atoms with Crippen LogP contribution in [0.1, 0.15) is 61.0 Å². The fourth-order valence-corrected chi connectivity index (χ4v) is 6.41. The fraction of sp³-hybridized carbons (Fsp3) is 0.438. The molecule has 0 amide bonds. The Balaban J connectivity index is 1.33. The van der Waals surface area contributed by atoms with Crippen molar-refractivity contribution in [2.24, 2.45) is 11.8 Å². The summed E-state index contributed by atoms with van der Waals surface area (Å²) in [6.45, 7) is 8.82. The summed E-state index contributed by atoms with van der Waals surface area (Å²) in [6, 6.07) is 13.1. The molecule has 1 aliphatic carbocycles. The average molecular weight is 517 g/mol. The van der Waals surface area contributed by atoms with E-state index in [9.17, 15) is 9.18 Å². The summed E-state index contributed by atoms with van der Waals surface area (Å²) in [5.41, 5.74) is 4.64. The lowest BCUT2D eigenvalue weighted by atomic mass is 9.87. The summed E-state index contributed by atoms with van der Waals surface area (Å²) in [5, 5.41) is 0. The second-order valence-corrected chi connectivity index (χ2v) is 10.5. The van der Waals surface area contributed by atoms with Gasteiger partial charge in [-0.1, -0.05) is 12.1 Å². The number of likely N-dealkylation sites (tertiary alicyclic amines) is 1. The van der Waals surface area contributed by atoms with Gasteiger partial charge in [-0.25, -0.2) is 4.39 Å². The number of ketones is 1. The molecule has 2 heterocycles. The number of ether oxygens (including phenoxy) is 2. The smallest absolute Gasteiger partial charge is 0.164 e. The minimum atomic E-state index is -0.267. The molecule has 38 heavy (non-hydrogen) atoms. The van der Waals surface area contributed by atoms with Gasteiger partial charge in [-0.05, 0) is 105 Å². The van der Waals surface area contributed by atoms with Crippen molar-refractivity contribution in [2.75, 3.05) is 19.8 Å². The molecular weight excluding hydrogens is 479 g/mol. The van der Waals surface area contributed by atoms with Gasteiger partial charge in [0.2, 0.25) is 0 Å².